The van der Waals surface area contributed by atoms with Crippen LogP contribution in [0.1, 0.15) is 36.8 Å². The van der Waals surface area contributed by atoms with Gasteiger partial charge < -0.3 is 15.1 Å². The van der Waals surface area contributed by atoms with E-state index in [1.54, 1.807) is 0 Å². The van der Waals surface area contributed by atoms with E-state index >= 15 is 0 Å². The topological polar surface area (TPSA) is 77.8 Å². The van der Waals surface area contributed by atoms with E-state index in [9.17, 15) is 27.9 Å². The molecule has 5 nitrogen and oxygen atoms in total. The number of benzene rings is 1. The fourth-order valence-corrected chi connectivity index (χ4v) is 3.69. The maximum Gasteiger partial charge on any atom is 0.416 e. The number of rotatable bonds is 3. The second-order valence-electron chi connectivity index (χ2n) is 6.90. The molecule has 0 unspecified atom stereocenters. The third kappa shape index (κ3) is 3.16. The molecule has 9 heteroatoms. The summed E-state index contributed by atoms with van der Waals surface area (Å²) in [7, 11) is 0. The first-order valence-corrected chi connectivity index (χ1v) is 8.50. The maximum absolute atomic E-state index is 13.0. The number of carboxylic acid groups (broad SMARTS) is 1. The number of piperidine rings is 1. The Bertz CT molecular complexity index is 753. The van der Waals surface area contributed by atoms with E-state index in [0.717, 1.165) is 18.2 Å². The highest BCUT2D eigenvalue weighted by atomic mass is 35.5. The van der Waals surface area contributed by atoms with Crippen molar-refractivity contribution < 1.29 is 33.0 Å². The number of hydrogen-bond donors (Lipinski definition) is 2. The Kier molecular flexibility index (Phi) is 4.47. The summed E-state index contributed by atoms with van der Waals surface area (Å²) >= 11 is 6.08. The summed E-state index contributed by atoms with van der Waals surface area (Å²) in [6, 6.07) is 2.94. The van der Waals surface area contributed by atoms with Crippen molar-refractivity contribution in [2.75, 3.05) is 13.1 Å². The lowest BCUT2D eigenvalue weighted by Gasteiger charge is -2.37. The van der Waals surface area contributed by atoms with Crippen LogP contribution >= 0.6 is 11.6 Å². The van der Waals surface area contributed by atoms with E-state index in [0.29, 0.717) is 12.8 Å². The van der Waals surface area contributed by atoms with Crippen molar-refractivity contribution >= 4 is 23.5 Å². The molecule has 1 saturated carbocycles. The molecule has 26 heavy (non-hydrogen) atoms. The number of carbonyl (C=O) groups excluding carboxylic acids is 1. The zero-order chi connectivity index (χ0) is 19.3. The molecule has 3 rings (SSSR count). The summed E-state index contributed by atoms with van der Waals surface area (Å²) in [5.41, 5.74) is -3.69. The van der Waals surface area contributed by atoms with E-state index < -0.39 is 28.7 Å². The van der Waals surface area contributed by atoms with E-state index in [1.807, 2.05) is 0 Å². The van der Waals surface area contributed by atoms with Crippen molar-refractivity contribution in [3.8, 4) is 0 Å². The highest BCUT2D eigenvalue weighted by molar-refractivity contribution is 6.32. The smallest absolute Gasteiger partial charge is 0.416 e. The predicted octanol–water partition coefficient (Wildman–Crippen LogP) is 2.83. The van der Waals surface area contributed by atoms with Gasteiger partial charge in [-0.3, -0.25) is 4.79 Å². The Labute approximate surface area is 152 Å². The SMILES string of the molecule is O=C(O)C1(O)CCN(C(=O)C2(c3cc(C(F)(F)F)ccc3Cl)CC2)CC1. The van der Waals surface area contributed by atoms with Crippen LogP contribution in [0.25, 0.3) is 0 Å². The van der Waals surface area contributed by atoms with Gasteiger partial charge in [0.15, 0.2) is 5.60 Å². The van der Waals surface area contributed by atoms with E-state index in [-0.39, 0.29) is 42.4 Å². The van der Waals surface area contributed by atoms with Gasteiger partial charge in [-0.15, -0.1) is 0 Å². The van der Waals surface area contributed by atoms with Gasteiger partial charge in [0, 0.05) is 31.0 Å². The molecule has 142 valence electrons. The number of nitrogens with zero attached hydrogens (tertiary/aromatic N) is 1. The molecule has 0 bridgehead atoms. The summed E-state index contributed by atoms with van der Waals surface area (Å²) in [4.78, 5) is 25.4. The van der Waals surface area contributed by atoms with Gasteiger partial charge in [-0.25, -0.2) is 4.79 Å². The highest BCUT2D eigenvalue weighted by Gasteiger charge is 2.55. The minimum absolute atomic E-state index is 0.0277. The largest absolute Gasteiger partial charge is 0.479 e. The number of aliphatic carboxylic acids is 1. The molecule has 0 aromatic heterocycles. The van der Waals surface area contributed by atoms with Gasteiger partial charge in [-0.05, 0) is 36.6 Å². The third-order valence-electron chi connectivity index (χ3n) is 5.24. The normalized spacial score (nSPS) is 21.3. The Morgan fingerprint density at radius 1 is 1.12 bits per heavy atom. The Balaban J connectivity index is 1.84. The quantitative estimate of drug-likeness (QED) is 0.830. The average Bonchev–Trinajstić information content (AvgIpc) is 3.36. The number of amides is 1. The Morgan fingerprint density at radius 2 is 1.69 bits per heavy atom. The van der Waals surface area contributed by atoms with Crippen molar-refractivity contribution in [1.29, 1.82) is 0 Å². The molecule has 2 fully saturated rings. The first-order chi connectivity index (χ1) is 12.0. The number of carboxylic acids is 1. The predicted molar refractivity (Wildman–Crippen MR) is 85.8 cm³/mol. The summed E-state index contributed by atoms with van der Waals surface area (Å²) in [6.45, 7) is 0.0555. The molecule has 1 aliphatic carbocycles. The molecule has 1 aliphatic heterocycles. The zero-order valence-electron chi connectivity index (χ0n) is 13.6. The number of carbonyl (C=O) groups is 2. The molecular weight excluding hydrogens is 375 g/mol. The van der Waals surface area contributed by atoms with Gasteiger partial charge in [0.25, 0.3) is 0 Å². The molecule has 1 aromatic carbocycles. The van der Waals surface area contributed by atoms with Crippen molar-refractivity contribution in [3.05, 3.63) is 34.3 Å². The van der Waals surface area contributed by atoms with Crippen LogP contribution in [0, 0.1) is 0 Å². The van der Waals surface area contributed by atoms with Crippen molar-refractivity contribution in [1.82, 2.24) is 4.90 Å². The summed E-state index contributed by atoms with van der Waals surface area (Å²) < 4.78 is 39.0. The van der Waals surface area contributed by atoms with Crippen LogP contribution in [-0.4, -0.2) is 45.7 Å². The molecule has 1 amide bonds. The fourth-order valence-electron chi connectivity index (χ4n) is 3.39. The van der Waals surface area contributed by atoms with Gasteiger partial charge in [-0.2, -0.15) is 13.2 Å². The van der Waals surface area contributed by atoms with Gasteiger partial charge in [0.2, 0.25) is 5.91 Å². The van der Waals surface area contributed by atoms with Crippen molar-refractivity contribution in [2.24, 2.45) is 0 Å². The summed E-state index contributed by atoms with van der Waals surface area (Å²) in [6.07, 6.45) is -4.03. The van der Waals surface area contributed by atoms with Gasteiger partial charge >= 0.3 is 12.1 Å². The van der Waals surface area contributed by atoms with E-state index in [2.05, 4.69) is 0 Å². The second-order valence-corrected chi connectivity index (χ2v) is 7.31. The van der Waals surface area contributed by atoms with Crippen molar-refractivity contribution in [2.45, 2.75) is 42.9 Å². The minimum Gasteiger partial charge on any atom is -0.479 e. The second kappa shape index (κ2) is 6.13. The number of likely N-dealkylation sites (tertiary alicyclic amines) is 1. The first-order valence-electron chi connectivity index (χ1n) is 8.12. The van der Waals surface area contributed by atoms with Crippen LogP contribution in [0.3, 0.4) is 0 Å². The number of halogens is 4. The zero-order valence-corrected chi connectivity index (χ0v) is 14.4. The molecule has 1 saturated heterocycles. The minimum atomic E-state index is -4.54. The first kappa shape index (κ1) is 19.0. The van der Waals surface area contributed by atoms with E-state index in [1.165, 1.54) is 4.90 Å². The molecule has 0 radical (unpaired) electrons. The van der Waals surface area contributed by atoms with Crippen LogP contribution in [0.2, 0.25) is 5.02 Å². The van der Waals surface area contributed by atoms with Gasteiger partial charge in [0.05, 0.1) is 11.0 Å². The monoisotopic (exact) mass is 391 g/mol. The number of alkyl halides is 3. The lowest BCUT2D eigenvalue weighted by atomic mass is 9.88. The number of aliphatic hydroxyl groups is 1. The summed E-state index contributed by atoms with van der Waals surface area (Å²) in [5.74, 6) is -1.71. The standard InChI is InChI=1S/C17H17ClF3NO4/c18-12-2-1-10(17(19,20)21)9-11(12)15(3-4-15)13(23)22-7-5-16(26,6-8-22)14(24)25/h1-2,9,26H,3-8H2,(H,24,25). The van der Waals surface area contributed by atoms with Crippen molar-refractivity contribution in [3.63, 3.8) is 0 Å². The van der Waals surface area contributed by atoms with Gasteiger partial charge in [-0.1, -0.05) is 11.6 Å². The molecule has 1 aromatic rings. The number of hydrogen-bond acceptors (Lipinski definition) is 3. The Hall–Kier alpha value is -1.80. The lowest BCUT2D eigenvalue weighted by Crippen LogP contribution is -2.52. The Morgan fingerprint density at radius 3 is 2.15 bits per heavy atom. The summed E-state index contributed by atoms with van der Waals surface area (Å²) in [5, 5.41) is 19.1. The highest BCUT2D eigenvalue weighted by Crippen LogP contribution is 2.53. The fraction of sp³-hybridized carbons (Fsp3) is 0.529. The molecule has 2 aliphatic rings. The molecule has 0 spiro atoms. The molecule has 1 heterocycles. The maximum atomic E-state index is 13.0. The average molecular weight is 392 g/mol. The van der Waals surface area contributed by atoms with Crippen LogP contribution in [0.4, 0.5) is 13.2 Å². The lowest BCUT2D eigenvalue weighted by molar-refractivity contribution is -0.165. The molecular formula is C17H17ClF3NO4. The molecule has 2 N–H and O–H groups in total. The van der Waals surface area contributed by atoms with Crippen LogP contribution in [-0.2, 0) is 21.2 Å². The van der Waals surface area contributed by atoms with Crippen LogP contribution in [0.15, 0.2) is 18.2 Å². The van der Waals surface area contributed by atoms with Crippen LogP contribution < -0.4 is 0 Å². The molecule has 0 atom stereocenters. The van der Waals surface area contributed by atoms with Gasteiger partial charge in [0.1, 0.15) is 0 Å². The van der Waals surface area contributed by atoms with Crippen LogP contribution in [0.5, 0.6) is 0 Å². The van der Waals surface area contributed by atoms with E-state index in [4.69, 9.17) is 16.7 Å². The third-order valence-corrected chi connectivity index (χ3v) is 5.57.